The van der Waals surface area contributed by atoms with Gasteiger partial charge in [-0.3, -0.25) is 9.50 Å². The Balaban J connectivity index is 1.28. The quantitative estimate of drug-likeness (QED) is 0.476. The molecule has 0 heterocycles. The van der Waals surface area contributed by atoms with Crippen LogP contribution in [0.5, 0.6) is 0 Å². The molecule has 4 aliphatic carbocycles. The first kappa shape index (κ1) is 23.4. The number of para-hydroxylation sites is 1. The summed E-state index contributed by atoms with van der Waals surface area (Å²) in [6.07, 6.45) is 5.33. The van der Waals surface area contributed by atoms with E-state index in [0.29, 0.717) is 23.4 Å². The highest BCUT2D eigenvalue weighted by atomic mass is 32.2. The highest BCUT2D eigenvalue weighted by molar-refractivity contribution is 7.88. The van der Waals surface area contributed by atoms with Crippen molar-refractivity contribution in [2.45, 2.75) is 62.2 Å². The predicted molar refractivity (Wildman–Crippen MR) is 131 cm³/mol. The van der Waals surface area contributed by atoms with Gasteiger partial charge in [-0.2, -0.15) is 8.42 Å². The van der Waals surface area contributed by atoms with Crippen LogP contribution >= 0.6 is 0 Å². The van der Waals surface area contributed by atoms with Gasteiger partial charge >= 0.3 is 6.09 Å². The minimum absolute atomic E-state index is 0.0336. The SMILES string of the molecule is CC(CCOS(=O)(=O)C12CC3CC(CC(C3)C1)C2)(OC(=O)Nc1ccccc1)c1ccccc1. The molecular weight excluding hydrogens is 450 g/mol. The second-order valence-electron chi connectivity index (χ2n) is 10.6. The Kier molecular flexibility index (Phi) is 6.19. The van der Waals surface area contributed by atoms with Crippen LogP contribution in [0.1, 0.15) is 57.4 Å². The molecule has 1 N–H and O–H groups in total. The first-order valence-corrected chi connectivity index (χ1v) is 13.7. The van der Waals surface area contributed by atoms with E-state index in [1.54, 1.807) is 19.1 Å². The number of anilines is 1. The van der Waals surface area contributed by atoms with E-state index in [4.69, 9.17) is 8.92 Å². The summed E-state index contributed by atoms with van der Waals surface area (Å²) in [7, 11) is -3.72. The first-order chi connectivity index (χ1) is 16.3. The molecule has 34 heavy (non-hydrogen) atoms. The molecule has 7 heteroatoms. The summed E-state index contributed by atoms with van der Waals surface area (Å²) in [5, 5.41) is 2.74. The molecule has 0 aliphatic heterocycles. The topological polar surface area (TPSA) is 81.7 Å². The zero-order chi connectivity index (χ0) is 23.8. The third kappa shape index (κ3) is 4.60. The lowest BCUT2D eigenvalue weighted by Gasteiger charge is -2.55. The normalized spacial score (nSPS) is 29.4. The average molecular weight is 484 g/mol. The highest BCUT2D eigenvalue weighted by Gasteiger charge is 2.58. The van der Waals surface area contributed by atoms with E-state index < -0.39 is 26.6 Å². The molecule has 2 aromatic rings. The number of ether oxygens (including phenoxy) is 1. The van der Waals surface area contributed by atoms with Crippen LogP contribution in [-0.2, 0) is 24.6 Å². The molecule has 0 aromatic heterocycles. The molecule has 0 saturated heterocycles. The number of amides is 1. The van der Waals surface area contributed by atoms with Crippen molar-refractivity contribution in [2.24, 2.45) is 17.8 Å². The standard InChI is InChI=1S/C27H33NO5S/c1-26(23-8-4-2-5-9-23,33-25(29)28-24-10-6-3-7-11-24)12-13-32-34(30,31)27-17-20-14-21(18-27)16-22(15-20)19-27/h2-11,20-22H,12-19H2,1H3,(H,28,29). The summed E-state index contributed by atoms with van der Waals surface area (Å²) in [4.78, 5) is 12.7. The van der Waals surface area contributed by atoms with E-state index in [1.807, 2.05) is 48.5 Å². The number of carbonyl (C=O) groups is 1. The second kappa shape index (κ2) is 9.00. The van der Waals surface area contributed by atoms with Crippen molar-refractivity contribution in [1.82, 2.24) is 0 Å². The van der Waals surface area contributed by atoms with E-state index >= 15 is 0 Å². The minimum Gasteiger partial charge on any atom is -0.438 e. The van der Waals surface area contributed by atoms with E-state index in [9.17, 15) is 13.2 Å². The molecule has 6 nitrogen and oxygen atoms in total. The van der Waals surface area contributed by atoms with Crippen LogP contribution in [0.3, 0.4) is 0 Å². The Bertz CT molecular complexity index is 1080. The van der Waals surface area contributed by atoms with Crippen molar-refractivity contribution >= 4 is 21.9 Å². The third-order valence-electron chi connectivity index (χ3n) is 8.05. The number of hydrogen-bond donors (Lipinski definition) is 1. The van der Waals surface area contributed by atoms with Crippen molar-refractivity contribution in [2.75, 3.05) is 11.9 Å². The largest absolute Gasteiger partial charge is 0.438 e. The lowest BCUT2D eigenvalue weighted by Crippen LogP contribution is -2.55. The summed E-state index contributed by atoms with van der Waals surface area (Å²) in [6, 6.07) is 18.5. The van der Waals surface area contributed by atoms with Gasteiger partial charge in [-0.05, 0) is 80.9 Å². The van der Waals surface area contributed by atoms with Crippen molar-refractivity contribution < 1.29 is 22.1 Å². The van der Waals surface area contributed by atoms with Gasteiger partial charge in [0.25, 0.3) is 10.1 Å². The molecular formula is C27H33NO5S. The van der Waals surface area contributed by atoms with Crippen LogP contribution < -0.4 is 5.32 Å². The van der Waals surface area contributed by atoms with E-state index in [1.165, 1.54) is 19.3 Å². The van der Waals surface area contributed by atoms with Crippen LogP contribution in [0.15, 0.2) is 60.7 Å². The van der Waals surface area contributed by atoms with Crippen LogP contribution in [-0.4, -0.2) is 25.9 Å². The molecule has 182 valence electrons. The molecule has 4 fully saturated rings. The summed E-state index contributed by atoms with van der Waals surface area (Å²) >= 11 is 0. The Hall–Kier alpha value is -2.38. The lowest BCUT2D eigenvalue weighted by molar-refractivity contribution is 0.00976. The predicted octanol–water partition coefficient (Wildman–Crippen LogP) is 5.86. The monoisotopic (exact) mass is 483 g/mol. The zero-order valence-corrected chi connectivity index (χ0v) is 20.4. The van der Waals surface area contributed by atoms with E-state index in [0.717, 1.165) is 24.8 Å². The third-order valence-corrected chi connectivity index (χ3v) is 10.1. The van der Waals surface area contributed by atoms with Crippen molar-refractivity contribution in [3.8, 4) is 0 Å². The van der Waals surface area contributed by atoms with Gasteiger partial charge in [0.2, 0.25) is 0 Å². The number of rotatable bonds is 8. The Labute approximate surface area is 202 Å². The van der Waals surface area contributed by atoms with Gasteiger partial charge in [-0.25, -0.2) is 4.79 Å². The van der Waals surface area contributed by atoms with Gasteiger partial charge in [-0.15, -0.1) is 0 Å². The van der Waals surface area contributed by atoms with Gasteiger partial charge in [0.15, 0.2) is 0 Å². The average Bonchev–Trinajstić information content (AvgIpc) is 2.79. The van der Waals surface area contributed by atoms with Crippen LogP contribution in [0.2, 0.25) is 0 Å². The summed E-state index contributed by atoms with van der Waals surface area (Å²) in [6.45, 7) is 1.77. The minimum atomic E-state index is -3.72. The Morgan fingerprint density at radius 3 is 2.03 bits per heavy atom. The van der Waals surface area contributed by atoms with Crippen LogP contribution in [0, 0.1) is 17.8 Å². The smallest absolute Gasteiger partial charge is 0.412 e. The zero-order valence-electron chi connectivity index (χ0n) is 19.6. The molecule has 6 rings (SSSR count). The molecule has 0 radical (unpaired) electrons. The maximum Gasteiger partial charge on any atom is 0.412 e. The van der Waals surface area contributed by atoms with Crippen molar-refractivity contribution in [1.29, 1.82) is 0 Å². The lowest BCUT2D eigenvalue weighted by atomic mass is 9.56. The van der Waals surface area contributed by atoms with Gasteiger partial charge in [0.05, 0.1) is 11.4 Å². The highest BCUT2D eigenvalue weighted by Crippen LogP contribution is 2.58. The molecule has 1 unspecified atom stereocenters. The summed E-state index contributed by atoms with van der Waals surface area (Å²) in [5.41, 5.74) is 0.370. The Morgan fingerprint density at radius 1 is 0.941 bits per heavy atom. The number of hydrogen-bond acceptors (Lipinski definition) is 5. The fourth-order valence-corrected chi connectivity index (χ4v) is 8.60. The molecule has 4 saturated carbocycles. The molecule has 2 aromatic carbocycles. The van der Waals surface area contributed by atoms with E-state index in [-0.39, 0.29) is 13.0 Å². The maximum absolute atomic E-state index is 13.4. The van der Waals surface area contributed by atoms with Gasteiger partial charge in [-0.1, -0.05) is 48.5 Å². The van der Waals surface area contributed by atoms with Gasteiger partial charge in [0.1, 0.15) is 5.60 Å². The summed E-state index contributed by atoms with van der Waals surface area (Å²) in [5.74, 6) is 1.55. The number of nitrogens with one attached hydrogen (secondary N) is 1. The fraction of sp³-hybridized carbons (Fsp3) is 0.519. The number of carbonyl (C=O) groups excluding carboxylic acids is 1. The number of benzene rings is 2. The van der Waals surface area contributed by atoms with Crippen LogP contribution in [0.4, 0.5) is 10.5 Å². The first-order valence-electron chi connectivity index (χ1n) is 12.3. The fourth-order valence-electron chi connectivity index (χ4n) is 6.72. The van der Waals surface area contributed by atoms with Gasteiger partial charge < -0.3 is 4.74 Å². The molecule has 0 spiro atoms. The second-order valence-corrected chi connectivity index (χ2v) is 12.6. The van der Waals surface area contributed by atoms with Crippen LogP contribution in [0.25, 0.3) is 0 Å². The Morgan fingerprint density at radius 2 is 1.47 bits per heavy atom. The molecule has 1 atom stereocenters. The molecule has 4 bridgehead atoms. The van der Waals surface area contributed by atoms with Crippen molar-refractivity contribution in [3.05, 3.63) is 66.2 Å². The molecule has 1 amide bonds. The maximum atomic E-state index is 13.4. The van der Waals surface area contributed by atoms with E-state index in [2.05, 4.69) is 5.32 Å². The molecule has 4 aliphatic rings. The van der Waals surface area contributed by atoms with Crippen molar-refractivity contribution in [3.63, 3.8) is 0 Å². The van der Waals surface area contributed by atoms with Gasteiger partial charge in [0, 0.05) is 12.1 Å². The summed E-state index contributed by atoms with van der Waals surface area (Å²) < 4.78 is 37.7.